The summed E-state index contributed by atoms with van der Waals surface area (Å²) < 4.78 is 10.0. The van der Waals surface area contributed by atoms with Crippen LogP contribution in [-0.4, -0.2) is 39.2 Å². The summed E-state index contributed by atoms with van der Waals surface area (Å²) in [7, 11) is 2.89. The second kappa shape index (κ2) is 11.3. The van der Waals surface area contributed by atoms with E-state index in [-0.39, 0.29) is 0 Å². The summed E-state index contributed by atoms with van der Waals surface area (Å²) in [5.41, 5.74) is 1.33. The van der Waals surface area contributed by atoms with Crippen LogP contribution in [0.1, 0.15) is 49.5 Å². The zero-order valence-corrected chi connectivity index (χ0v) is 16.0. The van der Waals surface area contributed by atoms with Crippen molar-refractivity contribution in [2.45, 2.75) is 40.2 Å². The highest BCUT2D eigenvalue weighted by molar-refractivity contribution is 5.92. The van der Waals surface area contributed by atoms with E-state index in [2.05, 4.69) is 29.5 Å². The van der Waals surface area contributed by atoms with E-state index in [0.717, 1.165) is 31.0 Å². The van der Waals surface area contributed by atoms with E-state index in [9.17, 15) is 4.79 Å². The first-order valence-electron chi connectivity index (χ1n) is 8.79. The van der Waals surface area contributed by atoms with Gasteiger partial charge in [-0.2, -0.15) is 0 Å². The second-order valence-corrected chi connectivity index (χ2v) is 6.18. The lowest BCUT2D eigenvalue weighted by atomic mass is 10.1. The van der Waals surface area contributed by atoms with Gasteiger partial charge in [-0.15, -0.1) is 0 Å². The molecule has 0 saturated heterocycles. The van der Waals surface area contributed by atoms with Crippen molar-refractivity contribution < 1.29 is 14.3 Å². The lowest BCUT2D eigenvalue weighted by molar-refractivity contribution is 0.0597. The van der Waals surface area contributed by atoms with Gasteiger partial charge >= 0.3 is 5.97 Å². The molecule has 0 aliphatic rings. The second-order valence-electron chi connectivity index (χ2n) is 6.18. The Morgan fingerprint density at radius 3 is 2.60 bits per heavy atom. The summed E-state index contributed by atoms with van der Waals surface area (Å²) in [6.07, 6.45) is 2.30. The minimum atomic E-state index is -0.415. The van der Waals surface area contributed by atoms with Crippen LogP contribution in [0.2, 0.25) is 0 Å². The van der Waals surface area contributed by atoms with E-state index in [1.165, 1.54) is 20.6 Å². The van der Waals surface area contributed by atoms with E-state index in [4.69, 9.17) is 9.47 Å². The number of aliphatic imine (C=N–C) groups is 1. The Bertz CT molecular complexity index is 571. The molecule has 0 aliphatic carbocycles. The minimum absolute atomic E-state index is 0.410. The Morgan fingerprint density at radius 1 is 1.24 bits per heavy atom. The van der Waals surface area contributed by atoms with Gasteiger partial charge < -0.3 is 20.1 Å². The number of nitrogens with zero attached hydrogens (tertiary/aromatic N) is 1. The molecule has 0 radical (unpaired) electrons. The summed E-state index contributed by atoms with van der Waals surface area (Å²) >= 11 is 0. The number of carbonyl (C=O) groups is 1. The number of rotatable bonds is 9. The van der Waals surface area contributed by atoms with Crippen LogP contribution in [-0.2, 0) is 11.3 Å². The average Bonchev–Trinajstić information content (AvgIpc) is 2.61. The maximum Gasteiger partial charge on any atom is 0.341 e. The number of carbonyl (C=O) groups excluding carboxylic acids is 1. The Morgan fingerprint density at radius 2 is 2.00 bits per heavy atom. The molecule has 0 fully saturated rings. The third kappa shape index (κ3) is 7.45. The van der Waals surface area contributed by atoms with Crippen LogP contribution in [0.3, 0.4) is 0 Å². The van der Waals surface area contributed by atoms with Crippen molar-refractivity contribution in [1.82, 2.24) is 10.6 Å². The third-order valence-corrected chi connectivity index (χ3v) is 3.68. The zero-order valence-electron chi connectivity index (χ0n) is 16.0. The number of ether oxygens (including phenoxy) is 2. The van der Waals surface area contributed by atoms with Crippen molar-refractivity contribution in [2.75, 3.05) is 27.3 Å². The molecule has 1 aromatic rings. The normalized spacial score (nSPS) is 11.4. The van der Waals surface area contributed by atoms with Gasteiger partial charge in [-0.25, -0.2) is 9.79 Å². The third-order valence-electron chi connectivity index (χ3n) is 3.68. The molecular formula is C19H31N3O3. The highest BCUT2D eigenvalue weighted by atomic mass is 16.5. The first-order valence-corrected chi connectivity index (χ1v) is 8.79. The standard InChI is InChI=1S/C19H31N3O3/c1-6-20-19(21-11-7-8-14(2)3)22-13-15-9-10-17(24-4)16(12-15)18(23)25-5/h9-10,12,14H,6-8,11,13H2,1-5H3,(H2,20,21,22). The van der Waals surface area contributed by atoms with Crippen molar-refractivity contribution in [3.63, 3.8) is 0 Å². The number of nitrogens with one attached hydrogen (secondary N) is 2. The molecule has 0 unspecified atom stereocenters. The smallest absolute Gasteiger partial charge is 0.341 e. The van der Waals surface area contributed by atoms with Crippen molar-refractivity contribution in [3.05, 3.63) is 29.3 Å². The highest BCUT2D eigenvalue weighted by Gasteiger charge is 2.13. The van der Waals surface area contributed by atoms with Crippen molar-refractivity contribution in [3.8, 4) is 5.75 Å². The SMILES string of the molecule is CCNC(=NCc1ccc(OC)c(C(=O)OC)c1)NCCCC(C)C. The molecule has 0 atom stereocenters. The van der Waals surface area contributed by atoms with Crippen LogP contribution in [0.15, 0.2) is 23.2 Å². The van der Waals surface area contributed by atoms with Crippen LogP contribution < -0.4 is 15.4 Å². The molecule has 0 heterocycles. The van der Waals surface area contributed by atoms with Gasteiger partial charge in [-0.1, -0.05) is 19.9 Å². The molecule has 2 N–H and O–H groups in total. The predicted molar refractivity (Wildman–Crippen MR) is 101 cm³/mol. The Kier molecular flexibility index (Phi) is 9.43. The fourth-order valence-corrected chi connectivity index (χ4v) is 2.35. The fraction of sp³-hybridized carbons (Fsp3) is 0.579. The van der Waals surface area contributed by atoms with Gasteiger partial charge in [0.05, 0.1) is 20.8 Å². The lowest BCUT2D eigenvalue weighted by Gasteiger charge is -2.12. The molecule has 1 aromatic carbocycles. The van der Waals surface area contributed by atoms with Crippen LogP contribution in [0, 0.1) is 5.92 Å². The Hall–Kier alpha value is -2.24. The van der Waals surface area contributed by atoms with E-state index in [1.54, 1.807) is 12.1 Å². The van der Waals surface area contributed by atoms with Crippen LogP contribution >= 0.6 is 0 Å². The van der Waals surface area contributed by atoms with Crippen LogP contribution in [0.4, 0.5) is 0 Å². The van der Waals surface area contributed by atoms with E-state index in [0.29, 0.717) is 23.8 Å². The molecule has 0 spiro atoms. The maximum atomic E-state index is 11.9. The predicted octanol–water partition coefficient (Wildman–Crippen LogP) is 2.97. The van der Waals surface area contributed by atoms with Crippen LogP contribution in [0.25, 0.3) is 0 Å². The molecule has 6 nitrogen and oxygen atoms in total. The minimum Gasteiger partial charge on any atom is -0.496 e. The van der Waals surface area contributed by atoms with Gasteiger partial charge in [0.1, 0.15) is 11.3 Å². The number of esters is 1. The molecule has 25 heavy (non-hydrogen) atoms. The van der Waals surface area contributed by atoms with Gasteiger partial charge in [0.25, 0.3) is 0 Å². The maximum absolute atomic E-state index is 11.9. The quantitative estimate of drug-likeness (QED) is 0.310. The molecule has 0 saturated carbocycles. The first kappa shape index (κ1) is 20.8. The largest absolute Gasteiger partial charge is 0.496 e. The molecule has 0 aliphatic heterocycles. The molecule has 0 bridgehead atoms. The number of methoxy groups -OCH3 is 2. The molecule has 140 valence electrons. The molecular weight excluding hydrogens is 318 g/mol. The van der Waals surface area contributed by atoms with Crippen molar-refractivity contribution in [2.24, 2.45) is 10.9 Å². The number of hydrogen-bond donors (Lipinski definition) is 2. The van der Waals surface area contributed by atoms with E-state index in [1.807, 2.05) is 13.0 Å². The Labute approximate surface area is 151 Å². The van der Waals surface area contributed by atoms with Gasteiger partial charge in [0, 0.05) is 13.1 Å². The summed E-state index contributed by atoms with van der Waals surface area (Å²) in [4.78, 5) is 16.4. The van der Waals surface area contributed by atoms with Crippen molar-refractivity contribution in [1.29, 1.82) is 0 Å². The average molecular weight is 349 g/mol. The molecule has 0 amide bonds. The lowest BCUT2D eigenvalue weighted by Crippen LogP contribution is -2.37. The van der Waals surface area contributed by atoms with Gasteiger partial charge in [-0.3, -0.25) is 0 Å². The molecule has 1 rings (SSSR count). The monoisotopic (exact) mass is 349 g/mol. The number of hydrogen-bond acceptors (Lipinski definition) is 4. The fourth-order valence-electron chi connectivity index (χ4n) is 2.35. The van der Waals surface area contributed by atoms with E-state index < -0.39 is 5.97 Å². The summed E-state index contributed by atoms with van der Waals surface area (Å²) in [6.45, 7) is 8.64. The van der Waals surface area contributed by atoms with Gasteiger partial charge in [0.15, 0.2) is 5.96 Å². The van der Waals surface area contributed by atoms with Crippen LogP contribution in [0.5, 0.6) is 5.75 Å². The number of guanidine groups is 1. The molecule has 6 heteroatoms. The first-order chi connectivity index (χ1) is 12.0. The van der Waals surface area contributed by atoms with Gasteiger partial charge in [-0.05, 0) is 43.4 Å². The highest BCUT2D eigenvalue weighted by Crippen LogP contribution is 2.21. The van der Waals surface area contributed by atoms with E-state index >= 15 is 0 Å². The Balaban J connectivity index is 2.76. The number of benzene rings is 1. The van der Waals surface area contributed by atoms with Gasteiger partial charge in [0.2, 0.25) is 0 Å². The summed E-state index contributed by atoms with van der Waals surface area (Å²) in [5, 5.41) is 6.57. The van der Waals surface area contributed by atoms with Crippen molar-refractivity contribution >= 4 is 11.9 Å². The molecule has 0 aromatic heterocycles. The summed E-state index contributed by atoms with van der Waals surface area (Å²) in [5.74, 6) is 1.57. The zero-order chi connectivity index (χ0) is 18.7. The topological polar surface area (TPSA) is 72.0 Å². The summed E-state index contributed by atoms with van der Waals surface area (Å²) in [6, 6.07) is 5.42.